The first-order valence-electron chi connectivity index (χ1n) is 9.97. The van der Waals surface area contributed by atoms with Gasteiger partial charge in [0, 0.05) is 31.7 Å². The van der Waals surface area contributed by atoms with Gasteiger partial charge in [0.1, 0.15) is 0 Å². The Labute approximate surface area is 152 Å². The minimum Gasteiger partial charge on any atom is -0.493 e. The van der Waals surface area contributed by atoms with Crippen molar-refractivity contribution in [3.8, 4) is 11.5 Å². The van der Waals surface area contributed by atoms with Gasteiger partial charge in [0.15, 0.2) is 11.5 Å². The molecule has 0 bridgehead atoms. The van der Waals surface area contributed by atoms with E-state index in [1.165, 1.54) is 49.9 Å². The second kappa shape index (κ2) is 7.16. The lowest BCUT2D eigenvalue weighted by Crippen LogP contribution is -2.55. The summed E-state index contributed by atoms with van der Waals surface area (Å²) in [5.74, 6) is 2.75. The Morgan fingerprint density at radius 3 is 2.68 bits per heavy atom. The lowest BCUT2D eigenvalue weighted by atomic mass is 9.79. The minimum absolute atomic E-state index is 0.496. The van der Waals surface area contributed by atoms with Gasteiger partial charge in [-0.25, -0.2) is 0 Å². The molecule has 0 radical (unpaired) electrons. The molecule has 0 amide bonds. The van der Waals surface area contributed by atoms with Crippen LogP contribution in [0.25, 0.3) is 0 Å². The van der Waals surface area contributed by atoms with Gasteiger partial charge in [-0.3, -0.25) is 4.90 Å². The Morgan fingerprint density at radius 1 is 1.16 bits per heavy atom. The van der Waals surface area contributed by atoms with E-state index in [0.29, 0.717) is 12.6 Å². The van der Waals surface area contributed by atoms with Crippen molar-refractivity contribution in [3.63, 3.8) is 0 Å². The van der Waals surface area contributed by atoms with Crippen molar-refractivity contribution in [2.45, 2.75) is 51.1 Å². The van der Waals surface area contributed by atoms with Gasteiger partial charge >= 0.3 is 0 Å². The molecule has 4 nitrogen and oxygen atoms in total. The summed E-state index contributed by atoms with van der Waals surface area (Å²) in [6, 6.07) is 5.68. The van der Waals surface area contributed by atoms with Crippen LogP contribution >= 0.6 is 0 Å². The zero-order valence-electron chi connectivity index (χ0n) is 16.0. The van der Waals surface area contributed by atoms with Gasteiger partial charge in [-0.1, -0.05) is 19.3 Å². The molecule has 0 aromatic heterocycles. The number of piperazine rings is 1. The van der Waals surface area contributed by atoms with Crippen molar-refractivity contribution in [2.24, 2.45) is 5.92 Å². The second-order valence-electron chi connectivity index (χ2n) is 8.02. The van der Waals surface area contributed by atoms with Gasteiger partial charge in [-0.15, -0.1) is 0 Å². The molecule has 2 atom stereocenters. The lowest BCUT2D eigenvalue weighted by Gasteiger charge is -2.49. The molecule has 2 fully saturated rings. The summed E-state index contributed by atoms with van der Waals surface area (Å²) in [4.78, 5) is 5.32. The average molecular weight is 344 g/mol. The molecular weight excluding hydrogens is 312 g/mol. The minimum atomic E-state index is 0.496. The maximum Gasteiger partial charge on any atom is 0.161 e. The smallest absolute Gasteiger partial charge is 0.161 e. The second-order valence-corrected chi connectivity index (χ2v) is 8.02. The summed E-state index contributed by atoms with van der Waals surface area (Å²) < 4.78 is 11.4. The van der Waals surface area contributed by atoms with E-state index in [4.69, 9.17) is 9.47 Å². The van der Waals surface area contributed by atoms with Crippen LogP contribution in [0.2, 0.25) is 0 Å². The van der Waals surface area contributed by atoms with Crippen molar-refractivity contribution in [2.75, 3.05) is 40.4 Å². The molecule has 1 saturated heterocycles. The third-order valence-corrected chi connectivity index (χ3v) is 6.55. The highest BCUT2D eigenvalue weighted by Gasteiger charge is 2.38. The Balaban J connectivity index is 1.55. The van der Waals surface area contributed by atoms with Crippen LogP contribution in [-0.2, 0) is 6.42 Å². The third-order valence-electron chi connectivity index (χ3n) is 6.55. The van der Waals surface area contributed by atoms with Gasteiger partial charge < -0.3 is 14.4 Å². The van der Waals surface area contributed by atoms with E-state index in [0.717, 1.165) is 36.4 Å². The van der Waals surface area contributed by atoms with E-state index in [2.05, 4.69) is 29.0 Å². The maximum absolute atomic E-state index is 5.78. The fourth-order valence-corrected chi connectivity index (χ4v) is 4.82. The highest BCUT2D eigenvalue weighted by atomic mass is 16.5. The standard InChI is InChI=1S/C21H32N2O2/c1-4-25-21-11-16-8-9-23-13-17(10-15-6-5-7-15)22(2)14-19(23)18(16)12-20(21)24-3/h11-12,15,17,19H,4-10,13-14H2,1-3H3/t17-,19-/m1/s1. The average Bonchev–Trinajstić information content (AvgIpc) is 2.58. The van der Waals surface area contributed by atoms with Crippen LogP contribution < -0.4 is 9.47 Å². The molecule has 0 N–H and O–H groups in total. The van der Waals surface area contributed by atoms with Crippen LogP contribution in [0.15, 0.2) is 12.1 Å². The normalized spacial score (nSPS) is 27.3. The van der Waals surface area contributed by atoms with Gasteiger partial charge in [0.05, 0.1) is 13.7 Å². The molecule has 3 aliphatic rings. The van der Waals surface area contributed by atoms with E-state index in [1.807, 2.05) is 6.92 Å². The van der Waals surface area contributed by atoms with Crippen LogP contribution in [-0.4, -0.2) is 56.2 Å². The molecule has 4 heteroatoms. The van der Waals surface area contributed by atoms with Gasteiger partial charge in [-0.05, 0) is 56.0 Å². The molecule has 25 heavy (non-hydrogen) atoms. The van der Waals surface area contributed by atoms with Crippen molar-refractivity contribution in [1.82, 2.24) is 9.80 Å². The number of ether oxygens (including phenoxy) is 2. The Hall–Kier alpha value is -1.26. The first-order valence-corrected chi connectivity index (χ1v) is 9.97. The van der Waals surface area contributed by atoms with E-state index in [9.17, 15) is 0 Å². The number of benzene rings is 1. The summed E-state index contributed by atoms with van der Waals surface area (Å²) in [5.41, 5.74) is 2.89. The SMILES string of the molecule is CCOc1cc2c(cc1OC)[C@H]1CN(C)[C@H](CC3CCC3)CN1CC2. The molecule has 0 unspecified atom stereocenters. The number of rotatable bonds is 5. The molecule has 2 aliphatic heterocycles. The highest BCUT2D eigenvalue weighted by molar-refractivity contribution is 5.49. The Bertz CT molecular complexity index is 614. The quantitative estimate of drug-likeness (QED) is 0.816. The van der Waals surface area contributed by atoms with E-state index >= 15 is 0 Å². The van der Waals surface area contributed by atoms with Crippen molar-refractivity contribution < 1.29 is 9.47 Å². The fraction of sp³-hybridized carbons (Fsp3) is 0.714. The lowest BCUT2D eigenvalue weighted by molar-refractivity contribution is 0.0217. The summed E-state index contributed by atoms with van der Waals surface area (Å²) in [6.45, 7) is 6.22. The summed E-state index contributed by atoms with van der Waals surface area (Å²) in [5, 5.41) is 0. The topological polar surface area (TPSA) is 24.9 Å². The predicted molar refractivity (Wildman–Crippen MR) is 101 cm³/mol. The molecule has 1 aliphatic carbocycles. The van der Waals surface area contributed by atoms with E-state index in [1.54, 1.807) is 7.11 Å². The number of methoxy groups -OCH3 is 1. The molecule has 4 rings (SSSR count). The van der Waals surface area contributed by atoms with Crippen LogP contribution in [0.5, 0.6) is 11.5 Å². The molecule has 1 aromatic carbocycles. The van der Waals surface area contributed by atoms with Gasteiger partial charge in [0.25, 0.3) is 0 Å². The van der Waals surface area contributed by atoms with E-state index < -0.39 is 0 Å². The summed E-state index contributed by atoms with van der Waals surface area (Å²) >= 11 is 0. The zero-order valence-corrected chi connectivity index (χ0v) is 16.0. The number of hydrogen-bond acceptors (Lipinski definition) is 4. The predicted octanol–water partition coefficient (Wildman–Crippen LogP) is 3.50. The number of fused-ring (bicyclic) bond motifs is 3. The maximum atomic E-state index is 5.78. The van der Waals surface area contributed by atoms with Crippen molar-refractivity contribution in [3.05, 3.63) is 23.3 Å². The first kappa shape index (κ1) is 17.2. The van der Waals surface area contributed by atoms with Crippen LogP contribution in [0.3, 0.4) is 0 Å². The molecule has 1 saturated carbocycles. The summed E-state index contributed by atoms with van der Waals surface area (Å²) in [6.07, 6.45) is 6.86. The van der Waals surface area contributed by atoms with Crippen LogP contribution in [0.4, 0.5) is 0 Å². The van der Waals surface area contributed by atoms with Crippen LogP contribution in [0.1, 0.15) is 49.8 Å². The van der Waals surface area contributed by atoms with E-state index in [-0.39, 0.29) is 0 Å². The van der Waals surface area contributed by atoms with Gasteiger partial charge in [0.2, 0.25) is 0 Å². The Kier molecular flexibility index (Phi) is 4.92. The molecular formula is C21H32N2O2. The fourth-order valence-electron chi connectivity index (χ4n) is 4.82. The van der Waals surface area contributed by atoms with Crippen molar-refractivity contribution in [1.29, 1.82) is 0 Å². The first-order chi connectivity index (χ1) is 12.2. The third kappa shape index (κ3) is 3.26. The molecule has 138 valence electrons. The molecule has 1 aromatic rings. The zero-order chi connectivity index (χ0) is 17.4. The monoisotopic (exact) mass is 344 g/mol. The number of hydrogen-bond donors (Lipinski definition) is 0. The Morgan fingerprint density at radius 2 is 2.00 bits per heavy atom. The van der Waals surface area contributed by atoms with Crippen molar-refractivity contribution >= 4 is 0 Å². The number of likely N-dealkylation sites (N-methyl/N-ethyl adjacent to an activating group) is 1. The van der Waals surface area contributed by atoms with Crippen LogP contribution in [0, 0.1) is 5.92 Å². The molecule has 0 spiro atoms. The summed E-state index contributed by atoms with van der Waals surface area (Å²) in [7, 11) is 4.06. The largest absolute Gasteiger partial charge is 0.493 e. The highest BCUT2D eigenvalue weighted by Crippen LogP contribution is 2.41. The molecule has 2 heterocycles. The number of nitrogens with zero attached hydrogens (tertiary/aromatic N) is 2. The van der Waals surface area contributed by atoms with Gasteiger partial charge in [-0.2, -0.15) is 0 Å².